The van der Waals surface area contributed by atoms with Crippen molar-refractivity contribution in [2.45, 2.75) is 13.3 Å². The first-order valence-electron chi connectivity index (χ1n) is 3.16. The molecule has 0 fully saturated rings. The molecule has 0 atom stereocenters. The molecule has 1 aromatic rings. The number of rotatable bonds is 1. The van der Waals surface area contributed by atoms with E-state index in [2.05, 4.69) is 4.98 Å². The van der Waals surface area contributed by atoms with Crippen LogP contribution in [0.3, 0.4) is 0 Å². The second-order valence-corrected chi connectivity index (χ2v) is 3.35. The molecule has 1 aromatic heterocycles. The Kier molecular flexibility index (Phi) is 2.81. The van der Waals surface area contributed by atoms with Crippen LogP contribution in [0.4, 0.5) is 8.78 Å². The molecule has 0 aromatic carbocycles. The third kappa shape index (κ3) is 1.65. The Bertz CT molecular complexity index is 304. The molecule has 5 heteroatoms. The average molecular weight is 285 g/mol. The Balaban J connectivity index is 3.27. The molecule has 0 radical (unpaired) electrons. The lowest BCUT2D eigenvalue weighted by atomic mass is 10.2. The summed E-state index contributed by atoms with van der Waals surface area (Å²) in [6.07, 6.45) is -1.55. The van der Waals surface area contributed by atoms with E-state index in [-0.39, 0.29) is 11.4 Å². The summed E-state index contributed by atoms with van der Waals surface area (Å²) < 4.78 is 24.8. The van der Waals surface area contributed by atoms with Gasteiger partial charge < -0.3 is 5.11 Å². The number of nitrogens with zero attached hydrogens (tertiary/aromatic N) is 1. The van der Waals surface area contributed by atoms with Crippen LogP contribution in [0.1, 0.15) is 17.7 Å². The quantitative estimate of drug-likeness (QED) is 0.805. The van der Waals surface area contributed by atoms with Gasteiger partial charge in [-0.25, -0.2) is 8.78 Å². The zero-order chi connectivity index (χ0) is 9.30. The molecule has 2 nitrogen and oxygen atoms in total. The number of hydrogen-bond donors (Lipinski definition) is 1. The monoisotopic (exact) mass is 285 g/mol. The third-order valence-corrected chi connectivity index (χ3v) is 2.83. The third-order valence-electron chi connectivity index (χ3n) is 1.47. The highest BCUT2D eigenvalue weighted by Gasteiger charge is 2.15. The lowest BCUT2D eigenvalue weighted by molar-refractivity contribution is 0.145. The molecule has 1 heterocycles. The van der Waals surface area contributed by atoms with Gasteiger partial charge in [0.25, 0.3) is 6.43 Å². The molecule has 0 amide bonds. The van der Waals surface area contributed by atoms with E-state index in [1.54, 1.807) is 22.6 Å². The summed E-state index contributed by atoms with van der Waals surface area (Å²) >= 11 is 1.80. The van der Waals surface area contributed by atoms with Crippen LogP contribution in [0, 0.1) is 10.5 Å². The summed E-state index contributed by atoms with van der Waals surface area (Å²) in [7, 11) is 0. The number of aromatic hydroxyl groups is 1. The van der Waals surface area contributed by atoms with Gasteiger partial charge >= 0.3 is 0 Å². The first-order valence-corrected chi connectivity index (χ1v) is 4.24. The Labute approximate surface area is 81.8 Å². The summed E-state index contributed by atoms with van der Waals surface area (Å²) in [5, 5.41) is 9.09. The highest BCUT2D eigenvalue weighted by atomic mass is 127. The molecule has 0 bridgehead atoms. The molecule has 1 N–H and O–H groups in total. The topological polar surface area (TPSA) is 33.1 Å². The van der Waals surface area contributed by atoms with Gasteiger partial charge in [0.1, 0.15) is 11.4 Å². The Hall–Kier alpha value is -0.460. The summed E-state index contributed by atoms with van der Waals surface area (Å²) in [4.78, 5) is 3.43. The van der Waals surface area contributed by atoms with Gasteiger partial charge in [0.15, 0.2) is 0 Å². The first kappa shape index (κ1) is 9.63. The Morgan fingerprint density at radius 3 is 2.67 bits per heavy atom. The SMILES string of the molecule is Cc1c(C(F)F)ncc(O)c1I. The van der Waals surface area contributed by atoms with Gasteiger partial charge in [-0.3, -0.25) is 4.98 Å². The second kappa shape index (κ2) is 3.51. The van der Waals surface area contributed by atoms with E-state index in [1.165, 1.54) is 6.92 Å². The maximum atomic E-state index is 12.2. The van der Waals surface area contributed by atoms with Crippen molar-refractivity contribution in [3.05, 3.63) is 21.0 Å². The van der Waals surface area contributed by atoms with Crippen LogP contribution in [0.15, 0.2) is 6.20 Å². The van der Waals surface area contributed by atoms with Crippen LogP contribution in [0.25, 0.3) is 0 Å². The predicted octanol–water partition coefficient (Wildman–Crippen LogP) is 2.64. The number of aromatic nitrogens is 1. The number of hydrogen-bond acceptors (Lipinski definition) is 2. The van der Waals surface area contributed by atoms with Crippen LogP contribution >= 0.6 is 22.6 Å². The van der Waals surface area contributed by atoms with E-state index in [4.69, 9.17) is 5.11 Å². The molecular weight excluding hydrogens is 279 g/mol. The van der Waals surface area contributed by atoms with Crippen molar-refractivity contribution in [3.63, 3.8) is 0 Å². The van der Waals surface area contributed by atoms with E-state index in [9.17, 15) is 8.78 Å². The molecule has 0 aliphatic rings. The number of halogens is 3. The summed E-state index contributed by atoms with van der Waals surface area (Å²) in [6, 6.07) is 0. The van der Waals surface area contributed by atoms with E-state index in [1.807, 2.05) is 0 Å². The van der Waals surface area contributed by atoms with E-state index in [0.717, 1.165) is 6.20 Å². The summed E-state index contributed by atoms with van der Waals surface area (Å²) in [5.41, 5.74) is 0.0720. The molecule has 0 saturated heterocycles. The fraction of sp³-hybridized carbons (Fsp3) is 0.286. The fourth-order valence-electron chi connectivity index (χ4n) is 0.809. The smallest absolute Gasteiger partial charge is 0.280 e. The largest absolute Gasteiger partial charge is 0.505 e. The summed E-state index contributed by atoms with van der Waals surface area (Å²) in [5.74, 6) is -0.0579. The van der Waals surface area contributed by atoms with Gasteiger partial charge in [0.2, 0.25) is 0 Å². The van der Waals surface area contributed by atoms with Gasteiger partial charge in [-0.15, -0.1) is 0 Å². The van der Waals surface area contributed by atoms with E-state index < -0.39 is 6.43 Å². The molecule has 0 saturated carbocycles. The minimum Gasteiger partial charge on any atom is -0.505 e. The second-order valence-electron chi connectivity index (χ2n) is 2.27. The molecule has 0 spiro atoms. The maximum Gasteiger partial charge on any atom is 0.280 e. The van der Waals surface area contributed by atoms with Gasteiger partial charge in [0.05, 0.1) is 9.77 Å². The maximum absolute atomic E-state index is 12.2. The highest BCUT2D eigenvalue weighted by molar-refractivity contribution is 14.1. The van der Waals surface area contributed by atoms with Crippen LogP contribution in [-0.2, 0) is 0 Å². The lowest BCUT2D eigenvalue weighted by Gasteiger charge is -2.06. The van der Waals surface area contributed by atoms with Crippen molar-refractivity contribution in [3.8, 4) is 5.75 Å². The molecule has 1 rings (SSSR count). The molecule has 0 aliphatic heterocycles. The van der Waals surface area contributed by atoms with E-state index >= 15 is 0 Å². The van der Waals surface area contributed by atoms with Gasteiger partial charge in [-0.1, -0.05) is 0 Å². The average Bonchev–Trinajstić information content (AvgIpc) is 2.00. The molecule has 66 valence electrons. The number of alkyl halides is 2. The zero-order valence-corrected chi connectivity index (χ0v) is 8.34. The zero-order valence-electron chi connectivity index (χ0n) is 6.18. The minimum atomic E-state index is -2.58. The first-order chi connectivity index (χ1) is 5.54. The number of pyridine rings is 1. The Morgan fingerprint density at radius 2 is 2.17 bits per heavy atom. The van der Waals surface area contributed by atoms with Crippen LogP contribution in [0.2, 0.25) is 0 Å². The standard InChI is InChI=1S/C7H6F2INO/c1-3-5(10)4(12)2-11-6(3)7(8)9/h2,7,12H,1H3. The lowest BCUT2D eigenvalue weighted by Crippen LogP contribution is -1.96. The van der Waals surface area contributed by atoms with E-state index in [0.29, 0.717) is 9.13 Å². The fourth-order valence-corrected chi connectivity index (χ4v) is 1.22. The summed E-state index contributed by atoms with van der Waals surface area (Å²) in [6.45, 7) is 1.51. The van der Waals surface area contributed by atoms with Crippen LogP contribution in [-0.4, -0.2) is 10.1 Å². The van der Waals surface area contributed by atoms with Crippen molar-refractivity contribution in [1.29, 1.82) is 0 Å². The predicted molar refractivity (Wildman–Crippen MR) is 48.3 cm³/mol. The van der Waals surface area contributed by atoms with Gasteiger partial charge in [0, 0.05) is 0 Å². The van der Waals surface area contributed by atoms with Crippen molar-refractivity contribution < 1.29 is 13.9 Å². The van der Waals surface area contributed by atoms with Crippen molar-refractivity contribution in [2.24, 2.45) is 0 Å². The minimum absolute atomic E-state index is 0.0579. The highest BCUT2D eigenvalue weighted by Crippen LogP contribution is 2.28. The normalized spacial score (nSPS) is 10.8. The van der Waals surface area contributed by atoms with Crippen molar-refractivity contribution in [1.82, 2.24) is 4.98 Å². The Morgan fingerprint density at radius 1 is 1.58 bits per heavy atom. The van der Waals surface area contributed by atoms with Gasteiger partial charge in [-0.05, 0) is 35.1 Å². The van der Waals surface area contributed by atoms with Crippen LogP contribution in [0.5, 0.6) is 5.75 Å². The molecular formula is C7H6F2INO. The van der Waals surface area contributed by atoms with Gasteiger partial charge in [-0.2, -0.15) is 0 Å². The molecule has 12 heavy (non-hydrogen) atoms. The molecule has 0 aliphatic carbocycles. The van der Waals surface area contributed by atoms with Crippen LogP contribution < -0.4 is 0 Å². The van der Waals surface area contributed by atoms with Crippen molar-refractivity contribution in [2.75, 3.05) is 0 Å². The molecule has 0 unspecified atom stereocenters. The van der Waals surface area contributed by atoms with Crippen molar-refractivity contribution >= 4 is 22.6 Å².